The summed E-state index contributed by atoms with van der Waals surface area (Å²) in [6.07, 6.45) is 3.42. The van der Waals surface area contributed by atoms with E-state index < -0.39 is 0 Å². The van der Waals surface area contributed by atoms with Gasteiger partial charge in [-0.3, -0.25) is 4.57 Å². The van der Waals surface area contributed by atoms with Crippen LogP contribution in [0.2, 0.25) is 0 Å². The molecule has 102 valence electrons. The van der Waals surface area contributed by atoms with Gasteiger partial charge in [-0.2, -0.15) is 4.98 Å². The third-order valence-electron chi connectivity index (χ3n) is 2.97. The predicted molar refractivity (Wildman–Crippen MR) is 72.2 cm³/mol. The van der Waals surface area contributed by atoms with E-state index in [-0.39, 0.29) is 12.2 Å². The molecule has 0 saturated carbocycles. The van der Waals surface area contributed by atoms with Crippen molar-refractivity contribution in [3.63, 3.8) is 0 Å². The molecular formula is C13H13N5O2. The van der Waals surface area contributed by atoms with Gasteiger partial charge >= 0.3 is 5.69 Å². The number of aromatic nitrogens is 4. The number of hydrogen-bond acceptors (Lipinski definition) is 5. The summed E-state index contributed by atoms with van der Waals surface area (Å²) in [5, 5.41) is 3.86. The monoisotopic (exact) mass is 271 g/mol. The minimum Gasteiger partial charge on any atom is -0.338 e. The molecule has 3 rings (SSSR count). The largest absolute Gasteiger partial charge is 0.338 e. The van der Waals surface area contributed by atoms with E-state index >= 15 is 0 Å². The van der Waals surface area contributed by atoms with E-state index in [2.05, 4.69) is 10.1 Å². The first-order valence-electron chi connectivity index (χ1n) is 6.06. The summed E-state index contributed by atoms with van der Waals surface area (Å²) in [6, 6.07) is 7.35. The Kier molecular flexibility index (Phi) is 2.96. The highest BCUT2D eigenvalue weighted by Crippen LogP contribution is 2.18. The Balaban J connectivity index is 2.05. The summed E-state index contributed by atoms with van der Waals surface area (Å²) < 4.78 is 8.04. The first-order valence-corrected chi connectivity index (χ1v) is 6.06. The highest BCUT2D eigenvalue weighted by molar-refractivity contribution is 5.58. The van der Waals surface area contributed by atoms with Crippen LogP contribution in [0.15, 0.2) is 46.0 Å². The van der Waals surface area contributed by atoms with Gasteiger partial charge in [-0.05, 0) is 12.1 Å². The smallest absolute Gasteiger partial charge is 0.332 e. The number of nitrogens with zero attached hydrogens (tertiary/aromatic N) is 4. The molecule has 0 saturated heterocycles. The molecule has 7 heteroatoms. The third kappa shape index (κ3) is 2.04. The number of nitrogens with two attached hydrogens (primary N) is 1. The second-order valence-corrected chi connectivity index (χ2v) is 4.33. The van der Waals surface area contributed by atoms with Gasteiger partial charge in [-0.1, -0.05) is 17.3 Å². The standard InChI is InChI=1S/C13H13N5O2/c1-17-5-6-18(13(17)19)10-4-2-3-9(7-10)12-15-11(8-14)20-16-12/h2-7H,8,14H2,1H3. The predicted octanol–water partition coefficient (Wildman–Crippen LogP) is 0.685. The lowest BCUT2D eigenvalue weighted by atomic mass is 10.2. The number of aryl methyl sites for hydroxylation is 1. The molecule has 0 unspecified atom stereocenters. The first kappa shape index (κ1) is 12.4. The molecule has 7 nitrogen and oxygen atoms in total. The van der Waals surface area contributed by atoms with E-state index in [4.69, 9.17) is 10.3 Å². The summed E-state index contributed by atoms with van der Waals surface area (Å²) >= 11 is 0. The summed E-state index contributed by atoms with van der Waals surface area (Å²) in [5.74, 6) is 0.832. The highest BCUT2D eigenvalue weighted by Gasteiger charge is 2.09. The molecule has 0 bridgehead atoms. The van der Waals surface area contributed by atoms with Gasteiger partial charge < -0.3 is 14.8 Å². The molecule has 0 aliphatic carbocycles. The zero-order valence-electron chi connectivity index (χ0n) is 10.9. The van der Waals surface area contributed by atoms with Crippen LogP contribution in [0.4, 0.5) is 0 Å². The molecule has 0 amide bonds. The molecule has 2 aromatic heterocycles. The molecular weight excluding hydrogens is 258 g/mol. The van der Waals surface area contributed by atoms with Gasteiger partial charge in [0.05, 0.1) is 12.2 Å². The third-order valence-corrected chi connectivity index (χ3v) is 2.97. The second-order valence-electron chi connectivity index (χ2n) is 4.33. The van der Waals surface area contributed by atoms with Crippen molar-refractivity contribution < 1.29 is 4.52 Å². The molecule has 20 heavy (non-hydrogen) atoms. The van der Waals surface area contributed by atoms with Gasteiger partial charge in [0.25, 0.3) is 0 Å². The van der Waals surface area contributed by atoms with Crippen molar-refractivity contribution in [2.45, 2.75) is 6.54 Å². The molecule has 0 atom stereocenters. The van der Waals surface area contributed by atoms with Crippen molar-refractivity contribution in [2.24, 2.45) is 12.8 Å². The fraction of sp³-hybridized carbons (Fsp3) is 0.154. The van der Waals surface area contributed by atoms with Gasteiger partial charge in [-0.15, -0.1) is 0 Å². The van der Waals surface area contributed by atoms with Gasteiger partial charge in [0.1, 0.15) is 0 Å². The highest BCUT2D eigenvalue weighted by atomic mass is 16.5. The quantitative estimate of drug-likeness (QED) is 0.756. The number of hydrogen-bond donors (Lipinski definition) is 1. The number of rotatable bonds is 3. The maximum absolute atomic E-state index is 11.9. The molecule has 1 aromatic carbocycles. The molecule has 2 N–H and O–H groups in total. The SMILES string of the molecule is Cn1ccn(-c2cccc(-c3noc(CN)n3)c2)c1=O. The van der Waals surface area contributed by atoms with Crippen LogP contribution in [0.25, 0.3) is 17.1 Å². The Hall–Kier alpha value is -2.67. The van der Waals surface area contributed by atoms with Gasteiger partial charge in [-0.25, -0.2) is 4.79 Å². The van der Waals surface area contributed by atoms with Crippen molar-refractivity contribution in [1.29, 1.82) is 0 Å². The zero-order chi connectivity index (χ0) is 14.1. The van der Waals surface area contributed by atoms with E-state index in [9.17, 15) is 4.79 Å². The van der Waals surface area contributed by atoms with E-state index in [1.807, 2.05) is 24.3 Å². The topological polar surface area (TPSA) is 91.9 Å². The number of imidazole rings is 1. The van der Waals surface area contributed by atoms with Crippen LogP contribution in [0.3, 0.4) is 0 Å². The van der Waals surface area contributed by atoms with Crippen molar-refractivity contribution in [3.8, 4) is 17.1 Å². The zero-order valence-corrected chi connectivity index (χ0v) is 10.9. The van der Waals surface area contributed by atoms with Crippen LogP contribution in [-0.4, -0.2) is 19.3 Å². The van der Waals surface area contributed by atoms with Crippen molar-refractivity contribution >= 4 is 0 Å². The van der Waals surface area contributed by atoms with Gasteiger partial charge in [0.2, 0.25) is 11.7 Å². The van der Waals surface area contributed by atoms with Crippen LogP contribution in [0.5, 0.6) is 0 Å². The second kappa shape index (κ2) is 4.78. The molecule has 0 aliphatic heterocycles. The minimum atomic E-state index is -0.113. The van der Waals surface area contributed by atoms with E-state index in [0.29, 0.717) is 11.7 Å². The fourth-order valence-electron chi connectivity index (χ4n) is 1.91. The Morgan fingerprint density at radius 1 is 1.35 bits per heavy atom. The summed E-state index contributed by atoms with van der Waals surface area (Å²) in [6.45, 7) is 0.199. The Labute approximate surface area is 114 Å². The summed E-state index contributed by atoms with van der Waals surface area (Å²) in [7, 11) is 1.70. The average molecular weight is 271 g/mol. The van der Waals surface area contributed by atoms with Crippen molar-refractivity contribution in [3.05, 3.63) is 53.0 Å². The molecule has 3 aromatic rings. The van der Waals surface area contributed by atoms with Crippen LogP contribution in [-0.2, 0) is 13.6 Å². The Bertz CT molecular complexity index is 799. The summed E-state index contributed by atoms with van der Waals surface area (Å²) in [4.78, 5) is 16.1. The average Bonchev–Trinajstić information content (AvgIpc) is 3.07. The van der Waals surface area contributed by atoms with Crippen molar-refractivity contribution in [1.82, 2.24) is 19.3 Å². The number of benzene rings is 1. The first-order chi connectivity index (χ1) is 9.69. The fourth-order valence-corrected chi connectivity index (χ4v) is 1.91. The molecule has 2 heterocycles. The maximum Gasteiger partial charge on any atom is 0.332 e. The molecule has 0 radical (unpaired) electrons. The molecule has 0 fully saturated rings. The van der Waals surface area contributed by atoms with Crippen LogP contribution >= 0.6 is 0 Å². The minimum absolute atomic E-state index is 0.113. The molecule has 0 aliphatic rings. The van der Waals surface area contributed by atoms with Crippen LogP contribution in [0, 0.1) is 0 Å². The van der Waals surface area contributed by atoms with E-state index in [1.54, 1.807) is 24.0 Å². The van der Waals surface area contributed by atoms with Crippen LogP contribution in [0.1, 0.15) is 5.89 Å². The lowest BCUT2D eigenvalue weighted by Gasteiger charge is -2.02. The van der Waals surface area contributed by atoms with E-state index in [1.165, 1.54) is 4.57 Å². The van der Waals surface area contributed by atoms with Crippen LogP contribution < -0.4 is 11.4 Å². The van der Waals surface area contributed by atoms with Gasteiger partial charge in [0, 0.05) is 25.0 Å². The Morgan fingerprint density at radius 3 is 2.85 bits per heavy atom. The maximum atomic E-state index is 11.9. The lowest BCUT2D eigenvalue weighted by molar-refractivity contribution is 0.380. The van der Waals surface area contributed by atoms with E-state index in [0.717, 1.165) is 11.3 Å². The lowest BCUT2D eigenvalue weighted by Crippen LogP contribution is -2.20. The van der Waals surface area contributed by atoms with Gasteiger partial charge in [0.15, 0.2) is 0 Å². The normalized spacial score (nSPS) is 10.9. The van der Waals surface area contributed by atoms with Crippen molar-refractivity contribution in [2.75, 3.05) is 0 Å². The summed E-state index contributed by atoms with van der Waals surface area (Å²) in [5.41, 5.74) is 6.84. The Morgan fingerprint density at radius 2 is 2.20 bits per heavy atom. The molecule has 0 spiro atoms.